The molecule has 0 aliphatic heterocycles. The zero-order chi connectivity index (χ0) is 13.8. The molecule has 2 aromatic rings. The van der Waals surface area contributed by atoms with Crippen LogP contribution in [0.15, 0.2) is 24.3 Å². The molecule has 19 heavy (non-hydrogen) atoms. The molecule has 104 valence electrons. The first-order chi connectivity index (χ1) is 9.17. The number of nitrogens with one attached hydrogen (secondary N) is 1. The molecule has 0 atom stereocenters. The Morgan fingerprint density at radius 2 is 2.05 bits per heavy atom. The van der Waals surface area contributed by atoms with Gasteiger partial charge < -0.3 is 14.6 Å². The van der Waals surface area contributed by atoms with E-state index in [0.29, 0.717) is 6.04 Å². The standard InChI is InChI=1S/C16H24N2O/c1-12(2)18-14(6-5-9-17-3)10-13-11-15(19-4)7-8-16(13)18/h7-8,10-12,17H,5-6,9H2,1-4H3. The van der Waals surface area contributed by atoms with Gasteiger partial charge in [0, 0.05) is 22.6 Å². The number of benzene rings is 1. The second-order valence-electron chi connectivity index (χ2n) is 5.23. The van der Waals surface area contributed by atoms with Crippen molar-refractivity contribution >= 4 is 10.9 Å². The van der Waals surface area contributed by atoms with Crippen molar-refractivity contribution in [3.8, 4) is 5.75 Å². The zero-order valence-electron chi connectivity index (χ0n) is 12.4. The van der Waals surface area contributed by atoms with E-state index in [-0.39, 0.29) is 0 Å². The van der Waals surface area contributed by atoms with Crippen LogP contribution in [0.4, 0.5) is 0 Å². The highest BCUT2D eigenvalue weighted by molar-refractivity contribution is 5.83. The Balaban J connectivity index is 2.40. The molecule has 0 unspecified atom stereocenters. The summed E-state index contributed by atoms with van der Waals surface area (Å²) in [4.78, 5) is 0. The van der Waals surface area contributed by atoms with E-state index in [0.717, 1.165) is 25.1 Å². The molecule has 0 aliphatic carbocycles. The van der Waals surface area contributed by atoms with E-state index in [1.54, 1.807) is 7.11 Å². The highest BCUT2D eigenvalue weighted by Gasteiger charge is 2.11. The molecule has 0 saturated carbocycles. The topological polar surface area (TPSA) is 26.2 Å². The predicted octanol–water partition coefficient (Wildman–Crippen LogP) is 3.38. The van der Waals surface area contributed by atoms with Gasteiger partial charge in [-0.05, 0) is 64.5 Å². The molecule has 1 aromatic heterocycles. The van der Waals surface area contributed by atoms with E-state index in [1.807, 2.05) is 13.1 Å². The maximum Gasteiger partial charge on any atom is 0.119 e. The Hall–Kier alpha value is -1.48. The Morgan fingerprint density at radius 3 is 2.68 bits per heavy atom. The zero-order valence-corrected chi connectivity index (χ0v) is 12.4. The van der Waals surface area contributed by atoms with Crippen molar-refractivity contribution in [1.29, 1.82) is 0 Å². The van der Waals surface area contributed by atoms with Gasteiger partial charge in [0.05, 0.1) is 7.11 Å². The number of hydrogen-bond donors (Lipinski definition) is 1. The second kappa shape index (κ2) is 6.11. The predicted molar refractivity (Wildman–Crippen MR) is 81.1 cm³/mol. The van der Waals surface area contributed by atoms with Gasteiger partial charge in [-0.15, -0.1) is 0 Å². The average molecular weight is 260 g/mol. The minimum Gasteiger partial charge on any atom is -0.497 e. The van der Waals surface area contributed by atoms with Gasteiger partial charge >= 0.3 is 0 Å². The fourth-order valence-electron chi connectivity index (χ4n) is 2.65. The van der Waals surface area contributed by atoms with E-state index in [1.165, 1.54) is 16.6 Å². The lowest BCUT2D eigenvalue weighted by molar-refractivity contribution is 0.415. The van der Waals surface area contributed by atoms with Crippen LogP contribution in [0.25, 0.3) is 10.9 Å². The van der Waals surface area contributed by atoms with Crippen LogP contribution in [-0.2, 0) is 6.42 Å². The van der Waals surface area contributed by atoms with Gasteiger partial charge in [0.2, 0.25) is 0 Å². The summed E-state index contributed by atoms with van der Waals surface area (Å²) < 4.78 is 7.75. The summed E-state index contributed by atoms with van der Waals surface area (Å²) >= 11 is 0. The van der Waals surface area contributed by atoms with Gasteiger partial charge in [-0.2, -0.15) is 0 Å². The van der Waals surface area contributed by atoms with Gasteiger partial charge in [-0.3, -0.25) is 0 Å². The minimum absolute atomic E-state index is 0.482. The smallest absolute Gasteiger partial charge is 0.119 e. The lowest BCUT2D eigenvalue weighted by atomic mass is 10.2. The van der Waals surface area contributed by atoms with E-state index in [4.69, 9.17) is 4.74 Å². The fraction of sp³-hybridized carbons (Fsp3) is 0.500. The molecule has 0 aliphatic rings. The minimum atomic E-state index is 0.482. The quantitative estimate of drug-likeness (QED) is 0.806. The van der Waals surface area contributed by atoms with E-state index in [9.17, 15) is 0 Å². The summed E-state index contributed by atoms with van der Waals surface area (Å²) in [6.07, 6.45) is 2.27. The molecule has 0 saturated heterocycles. The third-order valence-electron chi connectivity index (χ3n) is 3.50. The summed E-state index contributed by atoms with van der Waals surface area (Å²) in [5.74, 6) is 0.926. The van der Waals surface area contributed by atoms with E-state index in [2.05, 4.69) is 41.9 Å². The SMILES string of the molecule is CNCCCc1cc2cc(OC)ccc2n1C(C)C. The molecule has 0 bridgehead atoms. The summed E-state index contributed by atoms with van der Waals surface area (Å²) in [5, 5.41) is 4.48. The van der Waals surface area contributed by atoms with Crippen molar-refractivity contribution in [3.05, 3.63) is 30.0 Å². The molecule has 0 spiro atoms. The summed E-state index contributed by atoms with van der Waals surface area (Å²) in [7, 11) is 3.72. The molecule has 0 fully saturated rings. The van der Waals surface area contributed by atoms with Crippen LogP contribution in [0.2, 0.25) is 0 Å². The van der Waals surface area contributed by atoms with Gasteiger partial charge in [0.15, 0.2) is 0 Å². The Morgan fingerprint density at radius 1 is 1.26 bits per heavy atom. The number of aryl methyl sites for hydroxylation is 1. The normalized spacial score (nSPS) is 11.4. The van der Waals surface area contributed by atoms with Gasteiger partial charge in [-0.25, -0.2) is 0 Å². The fourth-order valence-corrected chi connectivity index (χ4v) is 2.65. The van der Waals surface area contributed by atoms with Crippen LogP contribution in [0.5, 0.6) is 5.75 Å². The maximum absolute atomic E-state index is 5.31. The molecular formula is C16H24N2O. The van der Waals surface area contributed by atoms with Crippen LogP contribution in [-0.4, -0.2) is 25.3 Å². The number of nitrogens with zero attached hydrogens (tertiary/aromatic N) is 1. The first-order valence-corrected chi connectivity index (χ1v) is 6.99. The molecule has 0 radical (unpaired) electrons. The number of methoxy groups -OCH3 is 1. The van der Waals surface area contributed by atoms with Crippen molar-refractivity contribution in [3.63, 3.8) is 0 Å². The monoisotopic (exact) mass is 260 g/mol. The van der Waals surface area contributed by atoms with Gasteiger partial charge in [0.25, 0.3) is 0 Å². The molecule has 0 amide bonds. The highest BCUT2D eigenvalue weighted by atomic mass is 16.5. The third kappa shape index (κ3) is 2.92. The molecule has 2 rings (SSSR count). The Labute approximate surface area is 115 Å². The lowest BCUT2D eigenvalue weighted by Gasteiger charge is -2.15. The summed E-state index contributed by atoms with van der Waals surface area (Å²) in [5.41, 5.74) is 2.71. The lowest BCUT2D eigenvalue weighted by Crippen LogP contribution is -2.11. The van der Waals surface area contributed by atoms with Crippen molar-refractivity contribution in [2.75, 3.05) is 20.7 Å². The van der Waals surface area contributed by atoms with Crippen LogP contribution in [0, 0.1) is 0 Å². The number of rotatable bonds is 6. The van der Waals surface area contributed by atoms with E-state index >= 15 is 0 Å². The largest absolute Gasteiger partial charge is 0.497 e. The third-order valence-corrected chi connectivity index (χ3v) is 3.50. The molecule has 1 N–H and O–H groups in total. The van der Waals surface area contributed by atoms with Gasteiger partial charge in [-0.1, -0.05) is 0 Å². The number of aromatic nitrogens is 1. The van der Waals surface area contributed by atoms with Crippen molar-refractivity contribution in [2.45, 2.75) is 32.7 Å². The molecule has 3 heteroatoms. The van der Waals surface area contributed by atoms with Crippen LogP contribution in [0.3, 0.4) is 0 Å². The molecule has 1 heterocycles. The number of ether oxygens (including phenoxy) is 1. The average Bonchev–Trinajstić information content (AvgIpc) is 2.76. The van der Waals surface area contributed by atoms with Crippen molar-refractivity contribution in [1.82, 2.24) is 9.88 Å². The van der Waals surface area contributed by atoms with Crippen LogP contribution >= 0.6 is 0 Å². The maximum atomic E-state index is 5.31. The molecular weight excluding hydrogens is 236 g/mol. The van der Waals surface area contributed by atoms with Crippen molar-refractivity contribution < 1.29 is 4.74 Å². The van der Waals surface area contributed by atoms with Crippen LogP contribution in [0.1, 0.15) is 32.0 Å². The first kappa shape index (κ1) is 13.9. The number of fused-ring (bicyclic) bond motifs is 1. The number of hydrogen-bond acceptors (Lipinski definition) is 2. The second-order valence-corrected chi connectivity index (χ2v) is 5.23. The first-order valence-electron chi connectivity index (χ1n) is 6.99. The molecule has 1 aromatic carbocycles. The van der Waals surface area contributed by atoms with Gasteiger partial charge in [0.1, 0.15) is 5.75 Å². The van der Waals surface area contributed by atoms with E-state index < -0.39 is 0 Å². The van der Waals surface area contributed by atoms with Crippen LogP contribution < -0.4 is 10.1 Å². The summed E-state index contributed by atoms with van der Waals surface area (Å²) in [6, 6.07) is 9.10. The molecule has 3 nitrogen and oxygen atoms in total. The Kier molecular flexibility index (Phi) is 4.48. The van der Waals surface area contributed by atoms with Crippen molar-refractivity contribution in [2.24, 2.45) is 0 Å². The Bertz CT molecular complexity index is 543. The highest BCUT2D eigenvalue weighted by Crippen LogP contribution is 2.28. The summed E-state index contributed by atoms with van der Waals surface area (Å²) in [6.45, 7) is 5.54.